The molecule has 0 fully saturated rings. The van der Waals surface area contributed by atoms with Gasteiger partial charge in [-0.1, -0.05) is 6.07 Å². The van der Waals surface area contributed by atoms with Gasteiger partial charge in [-0.25, -0.2) is 4.98 Å². The van der Waals surface area contributed by atoms with Crippen LogP contribution in [0.1, 0.15) is 5.69 Å². The molecule has 0 saturated heterocycles. The maximum Gasteiger partial charge on any atom is 0.311 e. The Bertz CT molecular complexity index is 559. The Morgan fingerprint density at radius 3 is 2.83 bits per heavy atom. The average molecular weight is 245 g/mol. The molecule has 0 aliphatic rings. The van der Waals surface area contributed by atoms with Crippen molar-refractivity contribution in [1.29, 1.82) is 0 Å². The number of rotatable bonds is 4. The van der Waals surface area contributed by atoms with Gasteiger partial charge in [0.1, 0.15) is 5.82 Å². The molecule has 0 aliphatic carbocycles. The number of hydrogen-bond donors (Lipinski definition) is 2. The van der Waals surface area contributed by atoms with Crippen LogP contribution < -0.4 is 11.1 Å². The smallest absolute Gasteiger partial charge is 0.311 e. The molecular formula is C11H11N5O2. The second-order valence-electron chi connectivity index (χ2n) is 3.54. The van der Waals surface area contributed by atoms with E-state index in [-0.39, 0.29) is 17.3 Å². The van der Waals surface area contributed by atoms with Gasteiger partial charge in [0.15, 0.2) is 0 Å². The molecule has 2 heterocycles. The summed E-state index contributed by atoms with van der Waals surface area (Å²) in [5.74, 6) is 0.370. The Labute approximate surface area is 103 Å². The molecule has 2 aromatic rings. The minimum absolute atomic E-state index is 0.111. The van der Waals surface area contributed by atoms with Crippen molar-refractivity contribution in [2.75, 3.05) is 11.1 Å². The molecule has 0 unspecified atom stereocenters. The lowest BCUT2D eigenvalue weighted by Crippen LogP contribution is -2.07. The fraction of sp³-hybridized carbons (Fsp3) is 0.0909. The van der Waals surface area contributed by atoms with Gasteiger partial charge in [0.25, 0.3) is 0 Å². The molecular weight excluding hydrogens is 234 g/mol. The highest BCUT2D eigenvalue weighted by atomic mass is 16.6. The summed E-state index contributed by atoms with van der Waals surface area (Å²) >= 11 is 0. The first kappa shape index (κ1) is 11.8. The van der Waals surface area contributed by atoms with E-state index in [0.29, 0.717) is 6.54 Å². The Hall–Kier alpha value is -2.70. The van der Waals surface area contributed by atoms with Gasteiger partial charge in [-0.3, -0.25) is 15.1 Å². The van der Waals surface area contributed by atoms with Crippen LogP contribution in [0.15, 0.2) is 36.5 Å². The van der Waals surface area contributed by atoms with Crippen molar-refractivity contribution in [2.24, 2.45) is 0 Å². The SMILES string of the molecule is Nc1ccc([N+](=O)[O-])c(NCc2ccccn2)n1. The first-order chi connectivity index (χ1) is 8.66. The summed E-state index contributed by atoms with van der Waals surface area (Å²) in [6, 6.07) is 8.16. The molecule has 92 valence electrons. The van der Waals surface area contributed by atoms with E-state index in [9.17, 15) is 10.1 Å². The second kappa shape index (κ2) is 5.09. The number of aromatic nitrogens is 2. The van der Waals surface area contributed by atoms with E-state index in [1.165, 1.54) is 12.1 Å². The molecule has 0 saturated carbocycles. The summed E-state index contributed by atoms with van der Waals surface area (Å²) in [6.07, 6.45) is 1.65. The molecule has 18 heavy (non-hydrogen) atoms. The lowest BCUT2D eigenvalue weighted by Gasteiger charge is -2.06. The highest BCUT2D eigenvalue weighted by Gasteiger charge is 2.15. The predicted molar refractivity (Wildman–Crippen MR) is 66.9 cm³/mol. The van der Waals surface area contributed by atoms with E-state index in [2.05, 4.69) is 15.3 Å². The van der Waals surface area contributed by atoms with Crippen molar-refractivity contribution in [2.45, 2.75) is 6.54 Å². The fourth-order valence-electron chi connectivity index (χ4n) is 1.42. The number of nitrogen functional groups attached to an aromatic ring is 1. The topological polar surface area (TPSA) is 107 Å². The third-order valence-corrected chi connectivity index (χ3v) is 2.26. The van der Waals surface area contributed by atoms with Gasteiger partial charge in [-0.15, -0.1) is 0 Å². The second-order valence-corrected chi connectivity index (χ2v) is 3.54. The first-order valence-electron chi connectivity index (χ1n) is 5.21. The fourth-order valence-corrected chi connectivity index (χ4v) is 1.42. The predicted octanol–water partition coefficient (Wildman–Crippen LogP) is 1.58. The maximum atomic E-state index is 10.8. The number of nitrogens with one attached hydrogen (secondary N) is 1. The van der Waals surface area contributed by atoms with Crippen LogP contribution in [-0.4, -0.2) is 14.9 Å². The van der Waals surface area contributed by atoms with Gasteiger partial charge in [0, 0.05) is 12.3 Å². The van der Waals surface area contributed by atoms with Gasteiger partial charge in [0.05, 0.1) is 17.2 Å². The van der Waals surface area contributed by atoms with Crippen LogP contribution in [0.2, 0.25) is 0 Å². The maximum absolute atomic E-state index is 10.8. The van der Waals surface area contributed by atoms with Crippen LogP contribution in [0, 0.1) is 10.1 Å². The third kappa shape index (κ3) is 2.70. The molecule has 0 radical (unpaired) electrons. The summed E-state index contributed by atoms with van der Waals surface area (Å²) in [6.45, 7) is 0.345. The standard InChI is InChI=1S/C11H11N5O2/c12-10-5-4-9(16(17)18)11(15-10)14-7-8-3-1-2-6-13-8/h1-6H,7H2,(H3,12,14,15). The Kier molecular flexibility index (Phi) is 3.33. The van der Waals surface area contributed by atoms with Gasteiger partial charge >= 0.3 is 5.69 Å². The average Bonchev–Trinajstić information content (AvgIpc) is 2.37. The number of anilines is 2. The molecule has 0 atom stereocenters. The van der Waals surface area contributed by atoms with E-state index in [1.54, 1.807) is 12.3 Å². The Morgan fingerprint density at radius 1 is 1.33 bits per heavy atom. The highest BCUT2D eigenvalue weighted by molar-refractivity contribution is 5.59. The number of nitrogens with zero attached hydrogens (tertiary/aromatic N) is 3. The van der Waals surface area contributed by atoms with Crippen molar-refractivity contribution >= 4 is 17.3 Å². The van der Waals surface area contributed by atoms with Gasteiger partial charge in [-0.2, -0.15) is 0 Å². The summed E-state index contributed by atoms with van der Waals surface area (Å²) in [7, 11) is 0. The van der Waals surface area contributed by atoms with Crippen LogP contribution in [-0.2, 0) is 6.54 Å². The Morgan fingerprint density at radius 2 is 2.17 bits per heavy atom. The first-order valence-corrected chi connectivity index (χ1v) is 5.21. The zero-order valence-electron chi connectivity index (χ0n) is 9.41. The molecule has 0 bridgehead atoms. The van der Waals surface area contributed by atoms with Crippen molar-refractivity contribution in [3.05, 3.63) is 52.3 Å². The van der Waals surface area contributed by atoms with Crippen LogP contribution in [0.3, 0.4) is 0 Å². The monoisotopic (exact) mass is 245 g/mol. The molecule has 7 heteroatoms. The lowest BCUT2D eigenvalue weighted by molar-refractivity contribution is -0.384. The molecule has 0 aromatic carbocycles. The van der Waals surface area contributed by atoms with Gasteiger partial charge < -0.3 is 11.1 Å². The van der Waals surface area contributed by atoms with Crippen molar-refractivity contribution in [1.82, 2.24) is 9.97 Å². The highest BCUT2D eigenvalue weighted by Crippen LogP contribution is 2.23. The van der Waals surface area contributed by atoms with Gasteiger partial charge in [0.2, 0.25) is 5.82 Å². The summed E-state index contributed by atoms with van der Waals surface area (Å²) in [5.41, 5.74) is 6.16. The number of hydrogen-bond acceptors (Lipinski definition) is 6. The Balaban J connectivity index is 2.18. The zero-order valence-corrected chi connectivity index (χ0v) is 9.41. The van der Waals surface area contributed by atoms with E-state index in [4.69, 9.17) is 5.73 Å². The van der Waals surface area contributed by atoms with Gasteiger partial charge in [-0.05, 0) is 18.2 Å². The molecule has 3 N–H and O–H groups in total. The van der Waals surface area contributed by atoms with E-state index in [0.717, 1.165) is 5.69 Å². The number of pyridine rings is 2. The van der Waals surface area contributed by atoms with Crippen molar-refractivity contribution in [3.63, 3.8) is 0 Å². The molecule has 2 aromatic heterocycles. The van der Waals surface area contributed by atoms with Crippen LogP contribution in [0.25, 0.3) is 0 Å². The van der Waals surface area contributed by atoms with Crippen LogP contribution >= 0.6 is 0 Å². The molecule has 0 aliphatic heterocycles. The number of nitrogens with two attached hydrogens (primary N) is 1. The molecule has 7 nitrogen and oxygen atoms in total. The summed E-state index contributed by atoms with van der Waals surface area (Å²) in [4.78, 5) is 18.3. The summed E-state index contributed by atoms with van der Waals surface area (Å²) < 4.78 is 0. The van der Waals surface area contributed by atoms with Crippen molar-refractivity contribution in [3.8, 4) is 0 Å². The zero-order chi connectivity index (χ0) is 13.0. The quantitative estimate of drug-likeness (QED) is 0.625. The summed E-state index contributed by atoms with van der Waals surface area (Å²) in [5, 5.41) is 13.7. The van der Waals surface area contributed by atoms with E-state index >= 15 is 0 Å². The van der Waals surface area contributed by atoms with E-state index < -0.39 is 4.92 Å². The van der Waals surface area contributed by atoms with Crippen molar-refractivity contribution < 1.29 is 4.92 Å². The lowest BCUT2D eigenvalue weighted by atomic mass is 10.3. The third-order valence-electron chi connectivity index (χ3n) is 2.26. The van der Waals surface area contributed by atoms with Crippen LogP contribution in [0.5, 0.6) is 0 Å². The van der Waals surface area contributed by atoms with Crippen LogP contribution in [0.4, 0.5) is 17.3 Å². The molecule has 0 spiro atoms. The minimum Gasteiger partial charge on any atom is -0.384 e. The minimum atomic E-state index is -0.507. The molecule has 0 amide bonds. The normalized spacial score (nSPS) is 10.0. The largest absolute Gasteiger partial charge is 0.384 e. The van der Waals surface area contributed by atoms with E-state index in [1.807, 2.05) is 12.1 Å². The molecule has 2 rings (SSSR count). The number of nitro groups is 1.